The summed E-state index contributed by atoms with van der Waals surface area (Å²) in [6, 6.07) is -0.512. The highest BCUT2D eigenvalue weighted by atomic mass is 16.2. The zero-order valence-electron chi connectivity index (χ0n) is 7.18. The molecule has 0 aliphatic rings. The molecule has 11 heavy (non-hydrogen) atoms. The molecule has 0 spiro atoms. The molecular formula is C7H17N3O. The van der Waals surface area contributed by atoms with Crippen LogP contribution in [-0.2, 0) is 0 Å². The third kappa shape index (κ3) is 3.83. The Morgan fingerprint density at radius 1 is 1.45 bits per heavy atom. The van der Waals surface area contributed by atoms with Crippen LogP contribution in [0.4, 0.5) is 4.79 Å². The van der Waals surface area contributed by atoms with Crippen LogP contribution in [0.3, 0.4) is 0 Å². The van der Waals surface area contributed by atoms with Crippen molar-refractivity contribution in [3.8, 4) is 0 Å². The number of carbonyl (C=O) groups excluding carboxylic acids is 1. The van der Waals surface area contributed by atoms with Gasteiger partial charge in [-0.25, -0.2) is 4.79 Å². The van der Waals surface area contributed by atoms with Gasteiger partial charge in [0, 0.05) is 12.1 Å². The fraction of sp³-hybridized carbons (Fsp3) is 0.857. The van der Waals surface area contributed by atoms with Gasteiger partial charge in [0.15, 0.2) is 0 Å². The van der Waals surface area contributed by atoms with Crippen LogP contribution in [0.1, 0.15) is 26.7 Å². The summed E-state index contributed by atoms with van der Waals surface area (Å²) in [5.41, 5.74) is 10.5. The van der Waals surface area contributed by atoms with Crippen molar-refractivity contribution in [2.75, 3.05) is 6.54 Å². The Bertz CT molecular complexity index is 132. The molecule has 5 N–H and O–H groups in total. The summed E-state index contributed by atoms with van der Waals surface area (Å²) >= 11 is 0. The van der Waals surface area contributed by atoms with Crippen molar-refractivity contribution in [2.24, 2.45) is 11.5 Å². The van der Waals surface area contributed by atoms with Crippen LogP contribution in [0.5, 0.6) is 0 Å². The Kier molecular flexibility index (Phi) is 3.89. The van der Waals surface area contributed by atoms with E-state index in [1.165, 1.54) is 0 Å². The minimum atomic E-state index is -0.512. The zero-order chi connectivity index (χ0) is 8.91. The lowest BCUT2D eigenvalue weighted by molar-refractivity contribution is 0.244. The predicted octanol–water partition coefficient (Wildman–Crippen LogP) is 0.172. The van der Waals surface area contributed by atoms with E-state index in [4.69, 9.17) is 11.5 Å². The van der Waals surface area contributed by atoms with Gasteiger partial charge in [0.2, 0.25) is 0 Å². The highest BCUT2D eigenvalue weighted by molar-refractivity contribution is 5.71. The van der Waals surface area contributed by atoms with Gasteiger partial charge < -0.3 is 16.8 Å². The van der Waals surface area contributed by atoms with Crippen LogP contribution in [0.25, 0.3) is 0 Å². The largest absolute Gasteiger partial charge is 0.352 e. The average Bonchev–Trinajstić information content (AvgIpc) is 2.00. The van der Waals surface area contributed by atoms with Gasteiger partial charge >= 0.3 is 6.03 Å². The van der Waals surface area contributed by atoms with Gasteiger partial charge in [-0.1, -0.05) is 13.8 Å². The Morgan fingerprint density at radius 3 is 2.18 bits per heavy atom. The summed E-state index contributed by atoms with van der Waals surface area (Å²) in [5, 5.41) is 2.50. The molecule has 0 saturated heterocycles. The molecule has 0 aromatic carbocycles. The van der Waals surface area contributed by atoms with Gasteiger partial charge in [-0.2, -0.15) is 0 Å². The third-order valence-corrected chi connectivity index (χ3v) is 2.02. The van der Waals surface area contributed by atoms with Gasteiger partial charge in [-0.3, -0.25) is 0 Å². The van der Waals surface area contributed by atoms with E-state index in [2.05, 4.69) is 5.32 Å². The molecule has 0 fully saturated rings. The van der Waals surface area contributed by atoms with E-state index in [-0.39, 0.29) is 5.54 Å². The maximum Gasteiger partial charge on any atom is 0.312 e. The van der Waals surface area contributed by atoms with Gasteiger partial charge in [0.25, 0.3) is 0 Å². The second kappa shape index (κ2) is 4.18. The van der Waals surface area contributed by atoms with Crippen molar-refractivity contribution < 1.29 is 4.79 Å². The van der Waals surface area contributed by atoms with Crippen LogP contribution in [0.15, 0.2) is 0 Å². The summed E-state index contributed by atoms with van der Waals surface area (Å²) in [6.45, 7) is 4.44. The predicted molar refractivity (Wildman–Crippen MR) is 45.1 cm³/mol. The molecule has 66 valence electrons. The van der Waals surface area contributed by atoms with Crippen LogP contribution >= 0.6 is 0 Å². The molecule has 0 aliphatic heterocycles. The topological polar surface area (TPSA) is 81.1 Å². The lowest BCUT2D eigenvalue weighted by atomic mass is 9.94. The second-order valence-corrected chi connectivity index (χ2v) is 2.79. The van der Waals surface area contributed by atoms with E-state index < -0.39 is 6.03 Å². The monoisotopic (exact) mass is 159 g/mol. The van der Waals surface area contributed by atoms with Crippen molar-refractivity contribution in [3.63, 3.8) is 0 Å². The fourth-order valence-electron chi connectivity index (χ4n) is 0.763. The standard InChI is InChI=1S/C7H17N3O/c1-3-7(9,4-2)5-10-6(8)11/h3-5,9H2,1-2H3,(H3,8,10,11). The number of hydrogen-bond acceptors (Lipinski definition) is 2. The minimum Gasteiger partial charge on any atom is -0.352 e. The summed E-state index contributed by atoms with van der Waals surface area (Å²) in [5.74, 6) is 0. The van der Waals surface area contributed by atoms with Gasteiger partial charge in [-0.15, -0.1) is 0 Å². The summed E-state index contributed by atoms with van der Waals surface area (Å²) in [7, 11) is 0. The molecular weight excluding hydrogens is 142 g/mol. The van der Waals surface area contributed by atoms with Gasteiger partial charge in [-0.05, 0) is 12.8 Å². The molecule has 4 nitrogen and oxygen atoms in total. The molecule has 0 radical (unpaired) electrons. The molecule has 0 rings (SSSR count). The Balaban J connectivity index is 3.78. The minimum absolute atomic E-state index is 0.297. The first-order valence-corrected chi connectivity index (χ1v) is 3.86. The first kappa shape index (κ1) is 10.2. The molecule has 0 bridgehead atoms. The van der Waals surface area contributed by atoms with Crippen LogP contribution in [0.2, 0.25) is 0 Å². The number of rotatable bonds is 4. The zero-order valence-corrected chi connectivity index (χ0v) is 7.18. The van der Waals surface area contributed by atoms with Crippen molar-refractivity contribution in [3.05, 3.63) is 0 Å². The molecule has 0 aliphatic carbocycles. The molecule has 0 heterocycles. The van der Waals surface area contributed by atoms with Crippen molar-refractivity contribution in [1.29, 1.82) is 0 Å². The number of nitrogens with one attached hydrogen (secondary N) is 1. The molecule has 0 unspecified atom stereocenters. The van der Waals surface area contributed by atoms with E-state index in [0.29, 0.717) is 6.54 Å². The Morgan fingerprint density at radius 2 is 1.91 bits per heavy atom. The van der Waals surface area contributed by atoms with Gasteiger partial charge in [0.05, 0.1) is 0 Å². The highest BCUT2D eigenvalue weighted by Gasteiger charge is 2.19. The lowest BCUT2D eigenvalue weighted by Gasteiger charge is -2.26. The molecule has 0 aromatic heterocycles. The summed E-state index contributed by atoms with van der Waals surface area (Å²) in [4.78, 5) is 10.3. The first-order chi connectivity index (χ1) is 5.04. The van der Waals surface area contributed by atoms with Crippen LogP contribution in [-0.4, -0.2) is 18.1 Å². The maximum absolute atomic E-state index is 10.3. The van der Waals surface area contributed by atoms with Crippen molar-refractivity contribution >= 4 is 6.03 Å². The molecule has 0 aromatic rings. The first-order valence-electron chi connectivity index (χ1n) is 3.86. The Labute approximate surface area is 67.3 Å². The van der Waals surface area contributed by atoms with Crippen molar-refractivity contribution in [1.82, 2.24) is 5.32 Å². The number of primary amides is 1. The number of carbonyl (C=O) groups is 1. The van der Waals surface area contributed by atoms with Crippen LogP contribution in [0, 0.1) is 0 Å². The highest BCUT2D eigenvalue weighted by Crippen LogP contribution is 2.08. The SMILES string of the molecule is CCC(N)(CC)CNC(N)=O. The van der Waals surface area contributed by atoms with Gasteiger partial charge in [0.1, 0.15) is 0 Å². The van der Waals surface area contributed by atoms with E-state index in [1.807, 2.05) is 13.8 Å². The second-order valence-electron chi connectivity index (χ2n) is 2.79. The number of nitrogens with two attached hydrogens (primary N) is 2. The molecule has 4 heteroatoms. The van der Waals surface area contributed by atoms with Crippen molar-refractivity contribution in [2.45, 2.75) is 32.2 Å². The third-order valence-electron chi connectivity index (χ3n) is 2.02. The van der Waals surface area contributed by atoms with E-state index in [0.717, 1.165) is 12.8 Å². The van der Waals surface area contributed by atoms with E-state index in [9.17, 15) is 4.79 Å². The van der Waals surface area contributed by atoms with E-state index in [1.54, 1.807) is 0 Å². The van der Waals surface area contributed by atoms with E-state index >= 15 is 0 Å². The fourth-order valence-corrected chi connectivity index (χ4v) is 0.763. The number of amides is 2. The summed E-state index contributed by atoms with van der Waals surface area (Å²) in [6.07, 6.45) is 1.67. The normalized spacial score (nSPS) is 11.2. The molecule has 0 atom stereocenters. The molecule has 2 amide bonds. The lowest BCUT2D eigenvalue weighted by Crippen LogP contribution is -2.50. The quantitative estimate of drug-likeness (QED) is 0.546. The maximum atomic E-state index is 10.3. The van der Waals surface area contributed by atoms with Crippen LogP contribution < -0.4 is 16.8 Å². The summed E-state index contributed by atoms with van der Waals surface area (Å²) < 4.78 is 0. The number of urea groups is 1. The molecule has 0 saturated carbocycles. The Hall–Kier alpha value is -0.770. The average molecular weight is 159 g/mol. The number of hydrogen-bond donors (Lipinski definition) is 3. The smallest absolute Gasteiger partial charge is 0.312 e.